The molecule has 0 saturated heterocycles. The number of nitrogens with zero attached hydrogens (tertiary/aromatic N) is 2. The Morgan fingerprint density at radius 3 is 2.45 bits per heavy atom. The largest absolute Gasteiger partial charge is 0.384 e. The molecule has 2 rings (SSSR count). The number of hydrogen-bond acceptors (Lipinski definition) is 5. The van der Waals surface area contributed by atoms with E-state index in [1.807, 2.05) is 39.0 Å². The van der Waals surface area contributed by atoms with Gasteiger partial charge in [-0.3, -0.25) is 10.3 Å². The molecule has 204 valence electrons. The second-order valence-corrected chi connectivity index (χ2v) is 11.5. The molecule has 0 fully saturated rings. The zero-order valence-corrected chi connectivity index (χ0v) is 24.5. The Morgan fingerprint density at radius 1 is 1.18 bits per heavy atom. The summed E-state index contributed by atoms with van der Waals surface area (Å²) in [6.07, 6.45) is 3.85. The van der Waals surface area contributed by atoms with Crippen LogP contribution in [-0.4, -0.2) is 17.1 Å². The van der Waals surface area contributed by atoms with Crippen molar-refractivity contribution in [1.29, 1.82) is 5.26 Å². The van der Waals surface area contributed by atoms with Gasteiger partial charge in [-0.1, -0.05) is 57.2 Å². The number of halogens is 1. The number of anilines is 1. The number of hydrogen-bond donors (Lipinski definition) is 3. The van der Waals surface area contributed by atoms with Crippen molar-refractivity contribution in [3.8, 4) is 6.07 Å². The van der Waals surface area contributed by atoms with Crippen molar-refractivity contribution in [1.82, 2.24) is 15.6 Å². The lowest BCUT2D eigenvalue weighted by atomic mass is 9.90. The molecule has 0 saturated carbocycles. The molecule has 0 bridgehead atoms. The van der Waals surface area contributed by atoms with Crippen molar-refractivity contribution in [3.63, 3.8) is 0 Å². The van der Waals surface area contributed by atoms with E-state index >= 15 is 4.39 Å². The molecule has 0 amide bonds. The van der Waals surface area contributed by atoms with Crippen LogP contribution in [-0.2, 0) is 0 Å². The molecule has 0 radical (unpaired) electrons. The molecule has 3 N–H and O–H groups in total. The first-order valence-corrected chi connectivity index (χ1v) is 13.2. The predicted octanol–water partition coefficient (Wildman–Crippen LogP) is 7.72. The topological polar surface area (TPSA) is 72.8 Å². The molecule has 2 aromatic rings. The molecule has 0 spiro atoms. The molecule has 5 nitrogen and oxygen atoms in total. The van der Waals surface area contributed by atoms with E-state index < -0.39 is 11.9 Å². The number of nitriles is 1. The van der Waals surface area contributed by atoms with Gasteiger partial charge < -0.3 is 10.6 Å². The number of allylic oxidation sites excluding steroid dienone is 4. The van der Waals surface area contributed by atoms with Gasteiger partial charge in [0.05, 0.1) is 29.5 Å². The number of rotatable bonds is 11. The van der Waals surface area contributed by atoms with Crippen LogP contribution in [0.25, 0.3) is 0 Å². The van der Waals surface area contributed by atoms with Crippen LogP contribution in [0.5, 0.6) is 0 Å². The lowest BCUT2D eigenvalue weighted by Crippen LogP contribution is -2.43. The van der Waals surface area contributed by atoms with E-state index in [1.165, 1.54) is 6.08 Å². The quantitative estimate of drug-likeness (QED) is 0.210. The normalized spacial score (nSPS) is 15.1. The van der Waals surface area contributed by atoms with Gasteiger partial charge in [0.15, 0.2) is 0 Å². The molecule has 0 aliphatic rings. The Hall–Kier alpha value is -3.43. The Labute approximate surface area is 229 Å². The first kappa shape index (κ1) is 30.8. The highest BCUT2D eigenvalue weighted by molar-refractivity contribution is 5.53. The van der Waals surface area contributed by atoms with Gasteiger partial charge in [0, 0.05) is 23.1 Å². The van der Waals surface area contributed by atoms with Crippen LogP contribution in [0.15, 0.2) is 72.0 Å². The fraction of sp³-hybridized carbons (Fsp3) is 0.438. The van der Waals surface area contributed by atoms with E-state index in [0.717, 1.165) is 40.2 Å². The summed E-state index contributed by atoms with van der Waals surface area (Å²) in [7, 11) is 0. The summed E-state index contributed by atoms with van der Waals surface area (Å²) in [4.78, 5) is 4.35. The summed E-state index contributed by atoms with van der Waals surface area (Å²) >= 11 is 0. The highest BCUT2D eigenvalue weighted by atomic mass is 19.1. The van der Waals surface area contributed by atoms with Crippen molar-refractivity contribution < 1.29 is 4.39 Å². The van der Waals surface area contributed by atoms with Gasteiger partial charge in [0.1, 0.15) is 11.9 Å². The van der Waals surface area contributed by atoms with Crippen molar-refractivity contribution in [3.05, 3.63) is 94.4 Å². The minimum absolute atomic E-state index is 0.0476. The Balaban J connectivity index is 2.28. The SMILES string of the molecule is C=C(CC(C)(C)C)N[C@@H](C)C(NC(C)/C(F)=C\C(C#N)=C(/C)Nc1cnc(C)c(C)c1)c1cccc(C)c1. The summed E-state index contributed by atoms with van der Waals surface area (Å²) in [6.45, 7) is 22.3. The third-order valence-corrected chi connectivity index (χ3v) is 6.40. The smallest absolute Gasteiger partial charge is 0.118 e. The molecule has 0 aliphatic carbocycles. The number of benzene rings is 1. The zero-order chi connectivity index (χ0) is 28.6. The van der Waals surface area contributed by atoms with Gasteiger partial charge in [0.25, 0.3) is 0 Å². The number of aryl methyl sites for hydroxylation is 3. The molecule has 6 heteroatoms. The maximum Gasteiger partial charge on any atom is 0.118 e. The highest BCUT2D eigenvalue weighted by Gasteiger charge is 2.24. The minimum Gasteiger partial charge on any atom is -0.384 e. The third-order valence-electron chi connectivity index (χ3n) is 6.40. The van der Waals surface area contributed by atoms with Gasteiger partial charge in [-0.15, -0.1) is 0 Å². The van der Waals surface area contributed by atoms with Gasteiger partial charge in [-0.2, -0.15) is 5.26 Å². The average Bonchev–Trinajstić information content (AvgIpc) is 2.81. The molecular formula is C32H44FN5. The van der Waals surface area contributed by atoms with Gasteiger partial charge in [-0.25, -0.2) is 4.39 Å². The fourth-order valence-electron chi connectivity index (χ4n) is 4.32. The Kier molecular flexibility index (Phi) is 10.9. The molecule has 38 heavy (non-hydrogen) atoms. The summed E-state index contributed by atoms with van der Waals surface area (Å²) in [5.74, 6) is -0.417. The van der Waals surface area contributed by atoms with Crippen molar-refractivity contribution in [2.45, 2.75) is 86.9 Å². The van der Waals surface area contributed by atoms with Gasteiger partial charge in [-0.05, 0) is 76.6 Å². The first-order chi connectivity index (χ1) is 17.7. The maximum atomic E-state index is 15.5. The van der Waals surface area contributed by atoms with Crippen LogP contribution in [0.4, 0.5) is 10.1 Å². The first-order valence-electron chi connectivity index (χ1n) is 13.2. The second-order valence-electron chi connectivity index (χ2n) is 11.5. The van der Waals surface area contributed by atoms with E-state index in [-0.39, 0.29) is 23.1 Å². The highest BCUT2D eigenvalue weighted by Crippen LogP contribution is 2.26. The lowest BCUT2D eigenvalue weighted by Gasteiger charge is -2.32. The molecule has 1 heterocycles. The van der Waals surface area contributed by atoms with Crippen LogP contribution in [0, 0.1) is 37.5 Å². The molecule has 3 atom stereocenters. The summed E-state index contributed by atoms with van der Waals surface area (Å²) in [5, 5.41) is 19.9. The molecule has 0 aliphatic heterocycles. The molecule has 1 aromatic carbocycles. The van der Waals surface area contributed by atoms with E-state index in [2.05, 4.69) is 73.4 Å². The predicted molar refractivity (Wildman–Crippen MR) is 157 cm³/mol. The van der Waals surface area contributed by atoms with Crippen molar-refractivity contribution in [2.24, 2.45) is 5.41 Å². The number of aromatic nitrogens is 1. The van der Waals surface area contributed by atoms with Crippen molar-refractivity contribution >= 4 is 5.69 Å². The summed E-state index contributed by atoms with van der Waals surface area (Å²) in [5.41, 5.74) is 6.78. The fourth-order valence-corrected chi connectivity index (χ4v) is 4.32. The summed E-state index contributed by atoms with van der Waals surface area (Å²) < 4.78 is 15.5. The second kappa shape index (κ2) is 13.4. The van der Waals surface area contributed by atoms with Crippen LogP contribution in [0.2, 0.25) is 0 Å². The van der Waals surface area contributed by atoms with E-state index in [0.29, 0.717) is 5.70 Å². The number of pyridine rings is 1. The molecule has 2 unspecified atom stereocenters. The van der Waals surface area contributed by atoms with Gasteiger partial charge in [0.2, 0.25) is 0 Å². The van der Waals surface area contributed by atoms with Crippen LogP contribution < -0.4 is 16.0 Å². The Bertz CT molecular complexity index is 1230. The van der Waals surface area contributed by atoms with E-state index in [9.17, 15) is 5.26 Å². The van der Waals surface area contributed by atoms with Crippen LogP contribution in [0.1, 0.15) is 76.4 Å². The van der Waals surface area contributed by atoms with E-state index in [4.69, 9.17) is 0 Å². The molecular weight excluding hydrogens is 473 g/mol. The Morgan fingerprint density at radius 2 is 1.87 bits per heavy atom. The van der Waals surface area contributed by atoms with Crippen LogP contribution in [0.3, 0.4) is 0 Å². The minimum atomic E-state index is -0.625. The standard InChI is InChI=1S/C32H44FN5/c1-20-12-11-13-27(14-20)31(26(7)36-22(3)17-32(8,9)10)38-25(6)30(33)16-28(18-34)24(5)37-29-15-21(2)23(4)35-19-29/h11-16,19,25-26,31,36-38H,3,17H2,1-2,4-10H3/b28-24-,30-16+/t25?,26-,31?/m0/s1. The average molecular weight is 518 g/mol. The zero-order valence-electron chi connectivity index (χ0n) is 24.5. The lowest BCUT2D eigenvalue weighted by molar-refractivity contribution is 0.350. The van der Waals surface area contributed by atoms with E-state index in [1.54, 1.807) is 20.0 Å². The summed E-state index contributed by atoms with van der Waals surface area (Å²) in [6, 6.07) is 11.5. The monoisotopic (exact) mass is 517 g/mol. The number of nitrogens with one attached hydrogen (secondary N) is 3. The van der Waals surface area contributed by atoms with Crippen molar-refractivity contribution in [2.75, 3.05) is 5.32 Å². The van der Waals surface area contributed by atoms with Crippen LogP contribution >= 0.6 is 0 Å². The van der Waals surface area contributed by atoms with Gasteiger partial charge >= 0.3 is 0 Å². The maximum absolute atomic E-state index is 15.5. The molecule has 1 aromatic heterocycles. The third kappa shape index (κ3) is 9.46.